The Hall–Kier alpha value is -3.80. The van der Waals surface area contributed by atoms with E-state index in [1.807, 2.05) is 54.6 Å². The number of amides is 2. The van der Waals surface area contributed by atoms with Gasteiger partial charge in [0.1, 0.15) is 0 Å². The van der Waals surface area contributed by atoms with Crippen molar-refractivity contribution in [1.82, 2.24) is 9.80 Å². The van der Waals surface area contributed by atoms with Gasteiger partial charge in [0, 0.05) is 31.6 Å². The van der Waals surface area contributed by atoms with Gasteiger partial charge >= 0.3 is 0 Å². The predicted octanol–water partition coefficient (Wildman–Crippen LogP) is 4.88. The minimum atomic E-state index is -0.398. The van der Waals surface area contributed by atoms with Gasteiger partial charge in [0.25, 0.3) is 5.91 Å². The van der Waals surface area contributed by atoms with Crippen LogP contribution in [0.4, 0.5) is 5.69 Å². The van der Waals surface area contributed by atoms with Crippen LogP contribution >= 0.6 is 0 Å². The van der Waals surface area contributed by atoms with Gasteiger partial charge in [0.2, 0.25) is 5.91 Å². The van der Waals surface area contributed by atoms with Crippen LogP contribution in [-0.2, 0) is 9.59 Å². The van der Waals surface area contributed by atoms with Crippen molar-refractivity contribution in [2.45, 2.75) is 18.5 Å². The molecule has 2 aliphatic heterocycles. The number of anilines is 1. The summed E-state index contributed by atoms with van der Waals surface area (Å²) in [5.74, 6) is -0.220. The SMILES string of the molecule is O=C1C[C@@H](N2CCN(C(c3ccccc3)c3ccccc3)CC2)C(=O)N1c1cccc2ccccc12. The van der Waals surface area contributed by atoms with Gasteiger partial charge in [-0.05, 0) is 22.6 Å². The molecule has 6 rings (SSSR count). The second kappa shape index (κ2) is 9.69. The molecular weight excluding hydrogens is 446 g/mol. The lowest BCUT2D eigenvalue weighted by atomic mass is 9.96. The van der Waals surface area contributed by atoms with Gasteiger partial charge in [0.15, 0.2) is 0 Å². The summed E-state index contributed by atoms with van der Waals surface area (Å²) in [5, 5.41) is 1.96. The number of carbonyl (C=O) groups is 2. The van der Waals surface area contributed by atoms with Crippen LogP contribution in [0.1, 0.15) is 23.6 Å². The maximum Gasteiger partial charge on any atom is 0.251 e. The van der Waals surface area contributed by atoms with Crippen LogP contribution in [0.25, 0.3) is 10.8 Å². The molecule has 0 bridgehead atoms. The highest BCUT2D eigenvalue weighted by molar-refractivity contribution is 6.25. The highest BCUT2D eigenvalue weighted by Gasteiger charge is 2.44. The maximum atomic E-state index is 13.6. The van der Waals surface area contributed by atoms with Crippen LogP contribution in [0.5, 0.6) is 0 Å². The molecular formula is C31H29N3O2. The highest BCUT2D eigenvalue weighted by atomic mass is 16.2. The molecule has 2 amide bonds. The summed E-state index contributed by atoms with van der Waals surface area (Å²) >= 11 is 0. The number of imide groups is 1. The summed E-state index contributed by atoms with van der Waals surface area (Å²) in [7, 11) is 0. The fourth-order valence-electron chi connectivity index (χ4n) is 5.75. The van der Waals surface area contributed by atoms with Crippen molar-refractivity contribution in [3.63, 3.8) is 0 Å². The van der Waals surface area contributed by atoms with Crippen LogP contribution in [0.2, 0.25) is 0 Å². The molecule has 5 nitrogen and oxygen atoms in total. The molecule has 0 spiro atoms. The number of benzene rings is 4. The van der Waals surface area contributed by atoms with Gasteiger partial charge < -0.3 is 0 Å². The number of hydrogen-bond donors (Lipinski definition) is 0. The Kier molecular flexibility index (Phi) is 6.09. The second-order valence-electron chi connectivity index (χ2n) is 9.58. The van der Waals surface area contributed by atoms with Gasteiger partial charge in [-0.3, -0.25) is 19.4 Å². The number of carbonyl (C=O) groups excluding carboxylic acids is 2. The summed E-state index contributed by atoms with van der Waals surface area (Å²) in [6.07, 6.45) is 0.239. The fourth-order valence-corrected chi connectivity index (χ4v) is 5.75. The summed E-state index contributed by atoms with van der Waals surface area (Å²) in [4.78, 5) is 32.8. The molecule has 2 fully saturated rings. The zero-order valence-electron chi connectivity index (χ0n) is 20.2. The van der Waals surface area contributed by atoms with E-state index in [1.165, 1.54) is 16.0 Å². The lowest BCUT2D eigenvalue weighted by Gasteiger charge is -2.41. The first kappa shape index (κ1) is 22.7. The molecule has 2 aliphatic rings. The van der Waals surface area contributed by atoms with Crippen LogP contribution in [0.3, 0.4) is 0 Å². The van der Waals surface area contributed by atoms with E-state index in [9.17, 15) is 9.59 Å². The Labute approximate surface area is 211 Å². The molecule has 1 atom stereocenters. The minimum absolute atomic E-state index is 0.104. The van der Waals surface area contributed by atoms with E-state index < -0.39 is 6.04 Å². The minimum Gasteiger partial charge on any atom is -0.290 e. The summed E-state index contributed by atoms with van der Waals surface area (Å²) in [6.45, 7) is 3.17. The smallest absolute Gasteiger partial charge is 0.251 e. The first-order chi connectivity index (χ1) is 17.7. The van der Waals surface area contributed by atoms with E-state index in [1.54, 1.807) is 0 Å². The molecule has 0 aliphatic carbocycles. The van der Waals surface area contributed by atoms with Crippen molar-refractivity contribution in [3.8, 4) is 0 Å². The second-order valence-corrected chi connectivity index (χ2v) is 9.58. The number of nitrogens with zero attached hydrogens (tertiary/aromatic N) is 3. The average molecular weight is 476 g/mol. The van der Waals surface area contributed by atoms with Crippen molar-refractivity contribution in [2.75, 3.05) is 31.1 Å². The van der Waals surface area contributed by atoms with Crippen LogP contribution < -0.4 is 4.90 Å². The van der Waals surface area contributed by atoms with E-state index in [4.69, 9.17) is 0 Å². The van der Waals surface area contributed by atoms with Gasteiger partial charge in [-0.1, -0.05) is 97.1 Å². The molecule has 0 aromatic heterocycles. The lowest BCUT2D eigenvalue weighted by molar-refractivity contribution is -0.123. The molecule has 0 unspecified atom stereocenters. The van der Waals surface area contributed by atoms with Crippen molar-refractivity contribution < 1.29 is 9.59 Å². The average Bonchev–Trinajstić information content (AvgIpc) is 3.23. The Balaban J connectivity index is 1.21. The molecule has 0 N–H and O–H groups in total. The number of piperazine rings is 1. The summed E-state index contributed by atoms with van der Waals surface area (Å²) < 4.78 is 0. The first-order valence-electron chi connectivity index (χ1n) is 12.6. The Bertz CT molecular complexity index is 1340. The summed E-state index contributed by atoms with van der Waals surface area (Å²) in [6, 6.07) is 34.7. The fraction of sp³-hybridized carbons (Fsp3) is 0.226. The largest absolute Gasteiger partial charge is 0.290 e. The molecule has 2 saturated heterocycles. The lowest BCUT2D eigenvalue weighted by Crippen LogP contribution is -2.53. The Morgan fingerprint density at radius 2 is 1.22 bits per heavy atom. The topological polar surface area (TPSA) is 43.9 Å². The van der Waals surface area contributed by atoms with Crippen molar-refractivity contribution >= 4 is 28.3 Å². The number of fused-ring (bicyclic) bond motifs is 1. The zero-order chi connectivity index (χ0) is 24.5. The molecule has 180 valence electrons. The zero-order valence-corrected chi connectivity index (χ0v) is 20.2. The Morgan fingerprint density at radius 3 is 1.89 bits per heavy atom. The standard InChI is InChI=1S/C31H29N3O2/c35-29-22-28(31(36)34(29)27-17-9-15-23-10-7-8-16-26(23)27)32-18-20-33(21-19-32)30(24-11-3-1-4-12-24)25-13-5-2-6-14-25/h1-17,28,30H,18-22H2/t28-/m1/s1. The normalized spacial score (nSPS) is 19.5. The van der Waals surface area contributed by atoms with Gasteiger partial charge in [-0.2, -0.15) is 0 Å². The molecule has 2 heterocycles. The van der Waals surface area contributed by atoms with Crippen molar-refractivity contribution in [3.05, 3.63) is 114 Å². The van der Waals surface area contributed by atoms with E-state index in [-0.39, 0.29) is 24.3 Å². The third-order valence-corrected chi connectivity index (χ3v) is 7.52. The monoisotopic (exact) mass is 475 g/mol. The molecule has 4 aromatic carbocycles. The van der Waals surface area contributed by atoms with Crippen LogP contribution in [0, 0.1) is 0 Å². The van der Waals surface area contributed by atoms with Crippen LogP contribution in [0.15, 0.2) is 103 Å². The number of rotatable bonds is 5. The van der Waals surface area contributed by atoms with Crippen molar-refractivity contribution in [1.29, 1.82) is 0 Å². The van der Waals surface area contributed by atoms with E-state index in [0.717, 1.165) is 37.0 Å². The highest BCUT2D eigenvalue weighted by Crippen LogP contribution is 2.34. The number of hydrogen-bond acceptors (Lipinski definition) is 4. The van der Waals surface area contributed by atoms with Gasteiger partial charge in [-0.15, -0.1) is 0 Å². The van der Waals surface area contributed by atoms with Gasteiger partial charge in [-0.25, -0.2) is 4.90 Å². The van der Waals surface area contributed by atoms with Gasteiger partial charge in [0.05, 0.1) is 24.2 Å². The maximum absolute atomic E-state index is 13.6. The Morgan fingerprint density at radius 1 is 0.639 bits per heavy atom. The molecule has 36 heavy (non-hydrogen) atoms. The van der Waals surface area contributed by atoms with E-state index in [2.05, 4.69) is 58.3 Å². The molecule has 5 heteroatoms. The molecule has 0 saturated carbocycles. The predicted molar refractivity (Wildman–Crippen MR) is 143 cm³/mol. The van der Waals surface area contributed by atoms with E-state index in [0.29, 0.717) is 5.69 Å². The van der Waals surface area contributed by atoms with Crippen molar-refractivity contribution in [2.24, 2.45) is 0 Å². The molecule has 0 radical (unpaired) electrons. The third kappa shape index (κ3) is 4.11. The third-order valence-electron chi connectivity index (χ3n) is 7.52. The first-order valence-corrected chi connectivity index (χ1v) is 12.6. The van der Waals surface area contributed by atoms with E-state index >= 15 is 0 Å². The quantitative estimate of drug-likeness (QED) is 0.386. The molecule has 4 aromatic rings. The van der Waals surface area contributed by atoms with Crippen LogP contribution in [-0.4, -0.2) is 53.8 Å². The summed E-state index contributed by atoms with van der Waals surface area (Å²) in [5.41, 5.74) is 3.23.